The summed E-state index contributed by atoms with van der Waals surface area (Å²) in [5, 5.41) is 8.48. The van der Waals surface area contributed by atoms with E-state index in [4.69, 9.17) is 14.3 Å². The van der Waals surface area contributed by atoms with Crippen LogP contribution in [0.2, 0.25) is 0 Å². The lowest BCUT2D eigenvalue weighted by molar-refractivity contribution is -0.131. The third kappa shape index (κ3) is 3.84. The summed E-state index contributed by atoms with van der Waals surface area (Å²) in [6.45, 7) is 0.260. The van der Waals surface area contributed by atoms with Crippen molar-refractivity contribution in [3.05, 3.63) is 70.3 Å². The van der Waals surface area contributed by atoms with E-state index < -0.39 is 5.97 Å². The molecule has 0 saturated carbocycles. The molecule has 0 radical (unpaired) electrons. The fourth-order valence-electron chi connectivity index (χ4n) is 1.50. The van der Waals surface area contributed by atoms with E-state index in [0.717, 1.165) is 11.6 Å². The van der Waals surface area contributed by atoms with Crippen molar-refractivity contribution in [2.75, 3.05) is 0 Å². The van der Waals surface area contributed by atoms with E-state index in [1.807, 2.05) is 30.3 Å². The van der Waals surface area contributed by atoms with Crippen molar-refractivity contribution in [3.63, 3.8) is 0 Å². The molecule has 0 aliphatic carbocycles. The van der Waals surface area contributed by atoms with Crippen LogP contribution in [0.1, 0.15) is 11.3 Å². The summed E-state index contributed by atoms with van der Waals surface area (Å²) in [7, 11) is 0. The van der Waals surface area contributed by atoms with E-state index in [9.17, 15) is 9.59 Å². The molecule has 5 nitrogen and oxygen atoms in total. The summed E-state index contributed by atoms with van der Waals surface area (Å²) in [5.41, 5.74) is 0.568. The Morgan fingerprint density at radius 2 is 2.05 bits per heavy atom. The Kier molecular flexibility index (Phi) is 4.34. The topological polar surface area (TPSA) is 76.7 Å². The minimum Gasteiger partial charge on any atom is -0.482 e. The van der Waals surface area contributed by atoms with Crippen molar-refractivity contribution in [2.45, 2.75) is 6.61 Å². The smallest absolute Gasteiger partial charge is 0.328 e. The van der Waals surface area contributed by atoms with Gasteiger partial charge in [0.15, 0.2) is 0 Å². The Morgan fingerprint density at radius 1 is 1.30 bits per heavy atom. The Bertz CT molecular complexity index is 670. The van der Waals surface area contributed by atoms with E-state index in [-0.39, 0.29) is 23.5 Å². The van der Waals surface area contributed by atoms with E-state index in [0.29, 0.717) is 0 Å². The van der Waals surface area contributed by atoms with Crippen molar-refractivity contribution >= 4 is 12.0 Å². The lowest BCUT2D eigenvalue weighted by Gasteiger charge is -2.04. The first-order valence-corrected chi connectivity index (χ1v) is 5.86. The van der Waals surface area contributed by atoms with Gasteiger partial charge in [0, 0.05) is 12.1 Å². The number of hydrogen-bond donors (Lipinski definition) is 1. The van der Waals surface area contributed by atoms with Crippen LogP contribution in [0, 0.1) is 0 Å². The van der Waals surface area contributed by atoms with Crippen LogP contribution < -0.4 is 10.2 Å². The van der Waals surface area contributed by atoms with Crippen LogP contribution >= 0.6 is 0 Å². The van der Waals surface area contributed by atoms with Crippen LogP contribution in [0.3, 0.4) is 0 Å². The van der Waals surface area contributed by atoms with Crippen LogP contribution in [0.5, 0.6) is 5.75 Å². The number of ether oxygens (including phenoxy) is 1. The lowest BCUT2D eigenvalue weighted by Crippen LogP contribution is -2.07. The molecule has 0 spiro atoms. The maximum absolute atomic E-state index is 11.7. The SMILES string of the molecule is O=C(O)/C=C/c1cc(=O)c(OCc2ccccc2)co1. The van der Waals surface area contributed by atoms with Gasteiger partial charge in [-0.3, -0.25) is 4.79 Å². The van der Waals surface area contributed by atoms with Crippen molar-refractivity contribution in [2.24, 2.45) is 0 Å². The predicted octanol–water partition coefficient (Wildman–Crippen LogP) is 2.32. The minimum atomic E-state index is -1.11. The highest BCUT2D eigenvalue weighted by molar-refractivity contribution is 5.84. The average molecular weight is 272 g/mol. The molecule has 0 saturated heterocycles. The van der Waals surface area contributed by atoms with E-state index >= 15 is 0 Å². The van der Waals surface area contributed by atoms with Gasteiger partial charge in [0.25, 0.3) is 0 Å². The van der Waals surface area contributed by atoms with Gasteiger partial charge in [-0.1, -0.05) is 30.3 Å². The highest BCUT2D eigenvalue weighted by Crippen LogP contribution is 2.10. The monoisotopic (exact) mass is 272 g/mol. The summed E-state index contributed by atoms with van der Waals surface area (Å²) in [6.07, 6.45) is 3.26. The molecule has 0 unspecified atom stereocenters. The molecule has 2 rings (SSSR count). The quantitative estimate of drug-likeness (QED) is 0.845. The number of benzene rings is 1. The second kappa shape index (κ2) is 6.38. The van der Waals surface area contributed by atoms with Crippen LogP contribution in [0.25, 0.3) is 6.08 Å². The van der Waals surface area contributed by atoms with Gasteiger partial charge in [0.05, 0.1) is 0 Å². The van der Waals surface area contributed by atoms with Crippen LogP contribution in [-0.4, -0.2) is 11.1 Å². The molecule has 1 aromatic carbocycles. The molecule has 0 aliphatic rings. The number of carboxylic acids is 1. The third-order valence-electron chi connectivity index (χ3n) is 2.45. The van der Waals surface area contributed by atoms with Gasteiger partial charge in [0.2, 0.25) is 11.2 Å². The summed E-state index contributed by atoms with van der Waals surface area (Å²) < 4.78 is 10.5. The van der Waals surface area contributed by atoms with Crippen LogP contribution in [0.15, 0.2) is 57.9 Å². The Labute approximate surface area is 114 Å². The molecule has 1 aromatic heterocycles. The zero-order valence-electron chi connectivity index (χ0n) is 10.5. The Balaban J connectivity index is 2.07. The number of carbonyl (C=O) groups is 1. The molecule has 0 atom stereocenters. The molecule has 2 aromatic rings. The summed E-state index contributed by atoms with van der Waals surface area (Å²) in [5.74, 6) is -0.872. The first-order chi connectivity index (χ1) is 9.65. The van der Waals surface area contributed by atoms with Gasteiger partial charge in [-0.25, -0.2) is 4.79 Å². The van der Waals surface area contributed by atoms with E-state index in [2.05, 4.69) is 0 Å². The maximum atomic E-state index is 11.7. The molecular formula is C15H12O5. The highest BCUT2D eigenvalue weighted by atomic mass is 16.5. The zero-order valence-corrected chi connectivity index (χ0v) is 10.5. The molecule has 0 bridgehead atoms. The third-order valence-corrected chi connectivity index (χ3v) is 2.45. The predicted molar refractivity (Wildman–Crippen MR) is 72.4 cm³/mol. The van der Waals surface area contributed by atoms with Gasteiger partial charge >= 0.3 is 5.97 Å². The summed E-state index contributed by atoms with van der Waals surface area (Å²) >= 11 is 0. The molecule has 0 amide bonds. The fraction of sp³-hybridized carbons (Fsp3) is 0.0667. The molecular weight excluding hydrogens is 260 g/mol. The molecule has 20 heavy (non-hydrogen) atoms. The van der Waals surface area contributed by atoms with Gasteiger partial charge < -0.3 is 14.3 Å². The van der Waals surface area contributed by atoms with Crippen molar-refractivity contribution in [3.8, 4) is 5.75 Å². The second-order valence-electron chi connectivity index (χ2n) is 3.96. The van der Waals surface area contributed by atoms with Crippen molar-refractivity contribution < 1.29 is 19.1 Å². The lowest BCUT2D eigenvalue weighted by atomic mass is 10.2. The first kappa shape index (κ1) is 13.6. The zero-order chi connectivity index (χ0) is 14.4. The fourth-order valence-corrected chi connectivity index (χ4v) is 1.50. The summed E-state index contributed by atoms with van der Waals surface area (Å²) in [6, 6.07) is 10.6. The molecule has 1 N–H and O–H groups in total. The number of hydrogen-bond acceptors (Lipinski definition) is 4. The molecule has 1 heterocycles. The van der Waals surface area contributed by atoms with Gasteiger partial charge in [0.1, 0.15) is 18.6 Å². The summed E-state index contributed by atoms with van der Waals surface area (Å²) in [4.78, 5) is 22.1. The average Bonchev–Trinajstić information content (AvgIpc) is 2.45. The van der Waals surface area contributed by atoms with Crippen LogP contribution in [-0.2, 0) is 11.4 Å². The molecule has 0 aliphatic heterocycles. The maximum Gasteiger partial charge on any atom is 0.328 e. The van der Waals surface area contributed by atoms with Gasteiger partial charge in [-0.15, -0.1) is 0 Å². The first-order valence-electron chi connectivity index (χ1n) is 5.86. The van der Waals surface area contributed by atoms with Gasteiger partial charge in [-0.2, -0.15) is 0 Å². The Hall–Kier alpha value is -2.82. The number of rotatable bonds is 5. The standard InChI is InChI=1S/C15H12O5/c16-13-8-12(6-7-15(17)18)19-10-14(13)20-9-11-4-2-1-3-5-11/h1-8,10H,9H2,(H,17,18)/b7-6+. The normalized spacial score (nSPS) is 10.6. The minimum absolute atomic E-state index is 0.0846. The molecule has 5 heteroatoms. The number of aliphatic carboxylic acids is 1. The largest absolute Gasteiger partial charge is 0.482 e. The molecule has 102 valence electrons. The van der Waals surface area contributed by atoms with Crippen molar-refractivity contribution in [1.29, 1.82) is 0 Å². The number of carboxylic acid groups (broad SMARTS) is 1. The Morgan fingerprint density at radius 3 is 2.70 bits per heavy atom. The van der Waals surface area contributed by atoms with Crippen LogP contribution in [0.4, 0.5) is 0 Å². The van der Waals surface area contributed by atoms with E-state index in [1.54, 1.807) is 0 Å². The molecule has 0 fully saturated rings. The van der Waals surface area contributed by atoms with Gasteiger partial charge in [-0.05, 0) is 11.6 Å². The second-order valence-corrected chi connectivity index (χ2v) is 3.96. The van der Waals surface area contributed by atoms with E-state index in [1.165, 1.54) is 18.4 Å². The highest BCUT2D eigenvalue weighted by Gasteiger charge is 2.03. The van der Waals surface area contributed by atoms with Crippen molar-refractivity contribution in [1.82, 2.24) is 0 Å².